The van der Waals surface area contributed by atoms with E-state index in [4.69, 9.17) is 0 Å². The fraction of sp³-hybridized carbons (Fsp3) is 0.903. The van der Waals surface area contributed by atoms with Gasteiger partial charge in [0, 0.05) is 12.5 Å². The van der Waals surface area contributed by atoms with Gasteiger partial charge in [0.25, 0.3) is 0 Å². The van der Waals surface area contributed by atoms with E-state index in [1.807, 2.05) is 0 Å². The van der Waals surface area contributed by atoms with Crippen LogP contribution in [0.3, 0.4) is 0 Å². The van der Waals surface area contributed by atoms with Gasteiger partial charge in [0.1, 0.15) is 0 Å². The third-order valence-electron chi connectivity index (χ3n) is 7.18. The van der Waals surface area contributed by atoms with Crippen molar-refractivity contribution in [3.05, 3.63) is 12.2 Å². The Hall–Kier alpha value is -0.830. The molecule has 0 saturated heterocycles. The third kappa shape index (κ3) is 24.3. The van der Waals surface area contributed by atoms with Gasteiger partial charge < -0.3 is 9.64 Å². The maximum Gasteiger partial charge on any atom is 0.305 e. The van der Waals surface area contributed by atoms with E-state index in [1.54, 1.807) is 0 Å². The molecule has 0 bridgehead atoms. The first kappa shape index (κ1) is 33.2. The van der Waals surface area contributed by atoms with Crippen molar-refractivity contribution in [2.24, 2.45) is 0 Å². The molecular weight excluding hydrogens is 418 g/mol. The van der Waals surface area contributed by atoms with Crippen molar-refractivity contribution in [2.45, 2.75) is 161 Å². The molecule has 0 aromatic rings. The number of hydrogen-bond donors (Lipinski definition) is 0. The highest BCUT2D eigenvalue weighted by Gasteiger charge is 2.10. The van der Waals surface area contributed by atoms with Crippen molar-refractivity contribution in [3.8, 4) is 0 Å². The number of carbonyl (C=O) groups is 1. The highest BCUT2D eigenvalue weighted by molar-refractivity contribution is 5.68. The molecule has 0 spiro atoms. The van der Waals surface area contributed by atoms with Crippen LogP contribution < -0.4 is 0 Å². The van der Waals surface area contributed by atoms with Gasteiger partial charge in [-0.2, -0.15) is 0 Å². The molecule has 0 heterocycles. The predicted molar refractivity (Wildman–Crippen MR) is 150 cm³/mol. The van der Waals surface area contributed by atoms with E-state index in [0.717, 1.165) is 18.9 Å². The quantitative estimate of drug-likeness (QED) is 0.0702. The van der Waals surface area contributed by atoms with Crippen LogP contribution in [0.1, 0.15) is 155 Å². The molecule has 1 atom stereocenters. The van der Waals surface area contributed by atoms with Gasteiger partial charge in [-0.3, -0.25) is 4.79 Å². The van der Waals surface area contributed by atoms with Gasteiger partial charge in [-0.05, 0) is 59.0 Å². The van der Waals surface area contributed by atoms with Gasteiger partial charge in [-0.25, -0.2) is 0 Å². The summed E-state index contributed by atoms with van der Waals surface area (Å²) in [5, 5.41) is 0. The molecular formula is C31H61NO2. The van der Waals surface area contributed by atoms with Gasteiger partial charge in [0.15, 0.2) is 0 Å². The predicted octanol–water partition coefficient (Wildman–Crippen LogP) is 9.64. The van der Waals surface area contributed by atoms with E-state index < -0.39 is 0 Å². The molecule has 0 amide bonds. The van der Waals surface area contributed by atoms with Crippen molar-refractivity contribution in [1.29, 1.82) is 0 Å². The van der Waals surface area contributed by atoms with Gasteiger partial charge in [-0.15, -0.1) is 0 Å². The Labute approximate surface area is 214 Å². The van der Waals surface area contributed by atoms with Gasteiger partial charge in [-0.1, -0.05) is 115 Å². The Bertz CT molecular complexity index is 447. The molecule has 3 heteroatoms. The Kier molecular flexibility index (Phi) is 26.1. The largest absolute Gasteiger partial charge is 0.469 e. The highest BCUT2D eigenvalue weighted by Crippen LogP contribution is 2.17. The first-order valence-corrected chi connectivity index (χ1v) is 15.0. The Balaban J connectivity index is 3.43. The number of ether oxygens (including phenoxy) is 1. The number of unbranched alkanes of at least 4 members (excludes halogenated alkanes) is 17. The molecule has 0 radical (unpaired) electrons. The summed E-state index contributed by atoms with van der Waals surface area (Å²) in [5.41, 5.74) is 0. The molecule has 0 fully saturated rings. The number of nitrogens with zero attached hydrogens (tertiary/aromatic N) is 1. The third-order valence-corrected chi connectivity index (χ3v) is 7.18. The van der Waals surface area contributed by atoms with Gasteiger partial charge >= 0.3 is 5.97 Å². The number of methoxy groups -OCH3 is 1. The molecule has 34 heavy (non-hydrogen) atoms. The Morgan fingerprint density at radius 2 is 1.06 bits per heavy atom. The Morgan fingerprint density at radius 1 is 0.647 bits per heavy atom. The van der Waals surface area contributed by atoms with E-state index >= 15 is 0 Å². The maximum absolute atomic E-state index is 11.0. The van der Waals surface area contributed by atoms with Crippen LogP contribution in [0, 0.1) is 0 Å². The van der Waals surface area contributed by atoms with Crippen LogP contribution in [0.15, 0.2) is 12.2 Å². The molecule has 0 aromatic carbocycles. The minimum Gasteiger partial charge on any atom is -0.469 e. The fourth-order valence-corrected chi connectivity index (χ4v) is 4.75. The van der Waals surface area contributed by atoms with Crippen LogP contribution in [-0.4, -0.2) is 38.1 Å². The summed E-state index contributed by atoms with van der Waals surface area (Å²) in [5.74, 6) is -0.0705. The van der Waals surface area contributed by atoms with Crippen LogP contribution in [0.5, 0.6) is 0 Å². The second-order valence-corrected chi connectivity index (χ2v) is 10.6. The number of hydrogen-bond acceptors (Lipinski definition) is 3. The van der Waals surface area contributed by atoms with Crippen LogP contribution in [-0.2, 0) is 9.53 Å². The zero-order valence-corrected chi connectivity index (χ0v) is 23.8. The van der Waals surface area contributed by atoms with Crippen molar-refractivity contribution in [3.63, 3.8) is 0 Å². The first-order valence-electron chi connectivity index (χ1n) is 15.0. The minimum atomic E-state index is -0.0705. The lowest BCUT2D eigenvalue weighted by Gasteiger charge is -2.24. The summed E-state index contributed by atoms with van der Waals surface area (Å²) in [6, 6.07) is 0.787. The zero-order valence-electron chi connectivity index (χ0n) is 23.8. The number of allylic oxidation sites excluding steroid dienone is 2. The maximum atomic E-state index is 11.0. The van der Waals surface area contributed by atoms with E-state index in [2.05, 4.69) is 42.8 Å². The molecule has 0 aliphatic rings. The average Bonchev–Trinajstić information content (AvgIpc) is 2.83. The summed E-state index contributed by atoms with van der Waals surface area (Å²) in [6.45, 7) is 2.30. The summed E-state index contributed by atoms with van der Waals surface area (Å²) < 4.78 is 4.67. The number of rotatable bonds is 26. The summed E-state index contributed by atoms with van der Waals surface area (Å²) in [4.78, 5) is 13.5. The van der Waals surface area contributed by atoms with Crippen LogP contribution in [0.2, 0.25) is 0 Å². The lowest BCUT2D eigenvalue weighted by atomic mass is 9.99. The van der Waals surface area contributed by atoms with Crippen LogP contribution >= 0.6 is 0 Å². The topological polar surface area (TPSA) is 29.5 Å². The number of carbonyl (C=O) groups excluding carboxylic acids is 1. The number of esters is 1. The van der Waals surface area contributed by atoms with Gasteiger partial charge in [0.2, 0.25) is 0 Å². The summed E-state index contributed by atoms with van der Waals surface area (Å²) in [6.07, 6.45) is 34.8. The summed E-state index contributed by atoms with van der Waals surface area (Å²) >= 11 is 0. The van der Waals surface area contributed by atoms with E-state index in [1.165, 1.54) is 136 Å². The van der Waals surface area contributed by atoms with Crippen molar-refractivity contribution in [1.82, 2.24) is 4.90 Å². The van der Waals surface area contributed by atoms with E-state index in [-0.39, 0.29) is 5.97 Å². The molecule has 0 rings (SSSR count). The fourth-order valence-electron chi connectivity index (χ4n) is 4.75. The average molecular weight is 480 g/mol. The molecule has 0 N–H and O–H groups in total. The summed E-state index contributed by atoms with van der Waals surface area (Å²) in [7, 11) is 6.01. The molecule has 3 nitrogen and oxygen atoms in total. The SMILES string of the molecule is CCCCCCCCCC(CCCCCC/C=C\CCCCCCCCCC(=O)OC)N(C)C. The van der Waals surface area contributed by atoms with Crippen LogP contribution in [0.4, 0.5) is 0 Å². The van der Waals surface area contributed by atoms with Crippen LogP contribution in [0.25, 0.3) is 0 Å². The molecule has 202 valence electrons. The minimum absolute atomic E-state index is 0.0705. The van der Waals surface area contributed by atoms with E-state index in [0.29, 0.717) is 6.42 Å². The molecule has 0 aliphatic heterocycles. The zero-order chi connectivity index (χ0) is 25.1. The second kappa shape index (κ2) is 26.8. The van der Waals surface area contributed by atoms with Crippen molar-refractivity contribution >= 4 is 5.97 Å². The van der Waals surface area contributed by atoms with Crippen molar-refractivity contribution < 1.29 is 9.53 Å². The molecule has 0 aliphatic carbocycles. The molecule has 1 unspecified atom stereocenters. The standard InChI is InChI=1S/C31H61NO2/c1-5-6-7-8-18-21-24-27-30(32(2)3)28-25-22-19-16-14-12-10-9-11-13-15-17-20-23-26-29-31(33)34-4/h10,12,30H,5-9,11,13-29H2,1-4H3/b12-10-. The lowest BCUT2D eigenvalue weighted by Crippen LogP contribution is -2.27. The normalized spacial score (nSPS) is 12.6. The molecule has 0 saturated carbocycles. The smallest absolute Gasteiger partial charge is 0.305 e. The second-order valence-electron chi connectivity index (χ2n) is 10.6. The Morgan fingerprint density at radius 3 is 1.50 bits per heavy atom. The van der Waals surface area contributed by atoms with Gasteiger partial charge in [0.05, 0.1) is 7.11 Å². The lowest BCUT2D eigenvalue weighted by molar-refractivity contribution is -0.140. The highest BCUT2D eigenvalue weighted by atomic mass is 16.5. The monoisotopic (exact) mass is 479 g/mol. The van der Waals surface area contributed by atoms with E-state index in [9.17, 15) is 4.79 Å². The molecule has 0 aromatic heterocycles. The first-order chi connectivity index (χ1) is 16.6. The van der Waals surface area contributed by atoms with Crippen molar-refractivity contribution in [2.75, 3.05) is 21.2 Å².